The van der Waals surface area contributed by atoms with Gasteiger partial charge in [-0.2, -0.15) is 0 Å². The van der Waals surface area contributed by atoms with E-state index in [1.165, 1.54) is 57.8 Å². The van der Waals surface area contributed by atoms with Gasteiger partial charge >= 0.3 is 25.7 Å². The van der Waals surface area contributed by atoms with E-state index in [2.05, 4.69) is 93.7 Å². The molecule has 0 aliphatic rings. The fraction of sp³-hybridized carbons (Fsp3) is 0.685. The van der Waals surface area contributed by atoms with E-state index in [1.807, 2.05) is 12.2 Å². The molecule has 0 saturated carbocycles. The number of phosphoric ester groups is 1. The third-order valence-electron chi connectivity index (χ3n) is 10.3. The van der Waals surface area contributed by atoms with Crippen molar-refractivity contribution in [2.24, 2.45) is 0 Å². The van der Waals surface area contributed by atoms with Crippen LogP contribution in [-0.2, 0) is 42.2 Å². The molecule has 0 amide bonds. The number of phosphoric acid groups is 1. The van der Waals surface area contributed by atoms with Crippen LogP contribution in [0.25, 0.3) is 0 Å². The first-order valence-corrected chi connectivity index (χ1v) is 27.0. The summed E-state index contributed by atoms with van der Waals surface area (Å²) in [5.41, 5.74) is 0. The summed E-state index contributed by atoms with van der Waals surface area (Å²) in [5.74, 6) is -1.60. The molecule has 0 aliphatic carbocycles. The minimum absolute atomic E-state index is 0.0962. The van der Waals surface area contributed by atoms with Crippen LogP contribution in [0.4, 0.5) is 0 Å². The second kappa shape index (κ2) is 48.1. The summed E-state index contributed by atoms with van der Waals surface area (Å²) in [6, 6.07) is 0. The summed E-state index contributed by atoms with van der Waals surface area (Å²) in [7, 11) is -4.76. The number of allylic oxidation sites excluding steroid dienone is 14. The summed E-state index contributed by atoms with van der Waals surface area (Å²) in [4.78, 5) is 48.2. The number of esters is 3. The molecule has 3 atom stereocenters. The van der Waals surface area contributed by atoms with Gasteiger partial charge in [-0.05, 0) is 77.0 Å². The zero-order valence-corrected chi connectivity index (χ0v) is 42.3. The van der Waals surface area contributed by atoms with Crippen molar-refractivity contribution in [2.75, 3.05) is 26.4 Å². The molecule has 2 N–H and O–H groups in total. The average molecular weight is 947 g/mol. The molecule has 0 radical (unpaired) electrons. The molecule has 0 bridgehead atoms. The third kappa shape index (κ3) is 45.8. The van der Waals surface area contributed by atoms with Gasteiger partial charge in [0.25, 0.3) is 0 Å². The van der Waals surface area contributed by atoms with Crippen molar-refractivity contribution in [1.29, 1.82) is 0 Å². The zero-order valence-electron chi connectivity index (χ0n) is 41.4. The lowest BCUT2D eigenvalue weighted by Crippen LogP contribution is -2.30. The monoisotopic (exact) mass is 947 g/mol. The van der Waals surface area contributed by atoms with Crippen molar-refractivity contribution in [3.05, 3.63) is 85.1 Å². The topological polar surface area (TPSA) is 155 Å². The van der Waals surface area contributed by atoms with Gasteiger partial charge in [-0.3, -0.25) is 23.4 Å². The molecule has 0 fully saturated rings. The standard InChI is InChI=1S/C54H91O11P/c1-4-7-10-13-16-19-22-25-28-31-34-37-40-43-52(56)61-47-51(65-54(58)45-42-39-36-33-30-27-24-21-18-15-12-9-6-3)49-63-66(59,60)62-48-50(46-55)64-53(57)44-41-38-35-32-29-26-23-20-17-14-11-8-5-2/h7,9-10,12,16,18-19,21,25,27-28,30,34,37,50-51,55H,4-6,8,11,13-15,17,20,22-24,26,29,31-33,35-36,38-49H2,1-3H3,(H,59,60)/b10-7-,12-9-,19-16-,21-18-,28-25-,30-27-,37-34-. The highest BCUT2D eigenvalue weighted by Crippen LogP contribution is 2.43. The first-order valence-electron chi connectivity index (χ1n) is 25.5. The molecule has 378 valence electrons. The van der Waals surface area contributed by atoms with E-state index in [4.69, 9.17) is 23.3 Å². The highest BCUT2D eigenvalue weighted by atomic mass is 31.2. The maximum Gasteiger partial charge on any atom is 0.472 e. The van der Waals surface area contributed by atoms with E-state index in [1.54, 1.807) is 0 Å². The Morgan fingerprint density at radius 2 is 0.818 bits per heavy atom. The largest absolute Gasteiger partial charge is 0.472 e. The molecule has 12 heteroatoms. The number of hydrogen-bond acceptors (Lipinski definition) is 10. The normalized spacial score (nSPS) is 14.2. The van der Waals surface area contributed by atoms with Gasteiger partial charge in [-0.1, -0.05) is 189 Å². The summed E-state index contributed by atoms with van der Waals surface area (Å²) in [6.07, 6.45) is 52.9. The lowest BCUT2D eigenvalue weighted by atomic mass is 10.0. The van der Waals surface area contributed by atoms with Crippen LogP contribution in [0.15, 0.2) is 85.1 Å². The van der Waals surface area contributed by atoms with Crippen molar-refractivity contribution in [3.63, 3.8) is 0 Å². The molecule has 0 spiro atoms. The number of carbonyl (C=O) groups is 3. The molecule has 0 aliphatic heterocycles. The van der Waals surface area contributed by atoms with E-state index >= 15 is 0 Å². The number of hydrogen-bond donors (Lipinski definition) is 2. The lowest BCUT2D eigenvalue weighted by Gasteiger charge is -2.21. The fourth-order valence-corrected chi connectivity index (χ4v) is 7.28. The van der Waals surface area contributed by atoms with E-state index in [0.717, 1.165) is 83.5 Å². The van der Waals surface area contributed by atoms with Crippen LogP contribution in [0.1, 0.15) is 201 Å². The van der Waals surface area contributed by atoms with E-state index in [0.29, 0.717) is 19.3 Å². The quantitative estimate of drug-likeness (QED) is 0.0197. The Morgan fingerprint density at radius 1 is 0.439 bits per heavy atom. The first kappa shape index (κ1) is 62.7. The van der Waals surface area contributed by atoms with E-state index < -0.39 is 57.8 Å². The summed E-state index contributed by atoms with van der Waals surface area (Å²) >= 11 is 0. The van der Waals surface area contributed by atoms with Crippen molar-refractivity contribution in [1.82, 2.24) is 0 Å². The fourth-order valence-electron chi connectivity index (χ4n) is 6.50. The summed E-state index contributed by atoms with van der Waals surface area (Å²) in [6.45, 7) is 4.27. The summed E-state index contributed by atoms with van der Waals surface area (Å²) in [5, 5.41) is 9.77. The van der Waals surface area contributed by atoms with Crippen LogP contribution in [0.5, 0.6) is 0 Å². The number of rotatable bonds is 46. The maximum absolute atomic E-state index is 12.8. The maximum atomic E-state index is 12.8. The molecular formula is C54H91O11P. The Morgan fingerprint density at radius 3 is 1.27 bits per heavy atom. The predicted octanol–water partition coefficient (Wildman–Crippen LogP) is 14.4. The third-order valence-corrected chi connectivity index (χ3v) is 11.3. The number of aliphatic hydroxyl groups is 1. The molecular weight excluding hydrogens is 856 g/mol. The smallest absolute Gasteiger partial charge is 0.462 e. The molecule has 0 rings (SSSR count). The van der Waals surface area contributed by atoms with Crippen LogP contribution in [0.2, 0.25) is 0 Å². The Bertz CT molecular complexity index is 1430. The van der Waals surface area contributed by atoms with E-state index in [9.17, 15) is 28.9 Å². The van der Waals surface area contributed by atoms with Crippen LogP contribution in [0.3, 0.4) is 0 Å². The van der Waals surface area contributed by atoms with Crippen LogP contribution < -0.4 is 0 Å². The summed E-state index contributed by atoms with van der Waals surface area (Å²) < 4.78 is 39.2. The lowest BCUT2D eigenvalue weighted by molar-refractivity contribution is -0.161. The van der Waals surface area contributed by atoms with Crippen molar-refractivity contribution in [3.8, 4) is 0 Å². The van der Waals surface area contributed by atoms with E-state index in [-0.39, 0.29) is 25.9 Å². The van der Waals surface area contributed by atoms with Gasteiger partial charge in [0.15, 0.2) is 6.10 Å². The number of ether oxygens (including phenoxy) is 3. The first-order chi connectivity index (χ1) is 32.2. The second-order valence-corrected chi connectivity index (χ2v) is 18.0. The van der Waals surface area contributed by atoms with Crippen LogP contribution in [-0.4, -0.2) is 66.5 Å². The SMILES string of the molecule is CC/C=C\C/C=C\C/C=C\C/C=C\CCC(=O)OCC(COP(=O)(O)OCC(CO)OC(=O)CCCCCCCCCCCCCCC)OC(=O)CCCCC/C=C\C/C=C\C/C=C\CC. The Balaban J connectivity index is 4.85. The van der Waals surface area contributed by atoms with Gasteiger partial charge in [-0.25, -0.2) is 4.57 Å². The molecule has 11 nitrogen and oxygen atoms in total. The number of aliphatic hydroxyl groups excluding tert-OH is 1. The van der Waals surface area contributed by atoms with Gasteiger partial charge in [0.2, 0.25) is 0 Å². The molecule has 3 unspecified atom stereocenters. The zero-order chi connectivity index (χ0) is 48.4. The average Bonchev–Trinajstić information content (AvgIpc) is 3.30. The minimum Gasteiger partial charge on any atom is -0.462 e. The minimum atomic E-state index is -4.76. The van der Waals surface area contributed by atoms with Crippen LogP contribution in [0, 0.1) is 0 Å². The number of unbranched alkanes of at least 4 members (excludes halogenated alkanes) is 15. The highest BCUT2D eigenvalue weighted by Gasteiger charge is 2.28. The van der Waals surface area contributed by atoms with Gasteiger partial charge in [0.05, 0.1) is 19.8 Å². The van der Waals surface area contributed by atoms with Crippen molar-refractivity contribution in [2.45, 2.75) is 213 Å². The number of carbonyl (C=O) groups excluding carboxylic acids is 3. The van der Waals surface area contributed by atoms with Crippen LogP contribution >= 0.6 is 7.82 Å². The molecule has 66 heavy (non-hydrogen) atoms. The molecule has 0 aromatic carbocycles. The Hall–Kier alpha value is -3.34. The Labute approximate surface area is 400 Å². The van der Waals surface area contributed by atoms with Gasteiger partial charge < -0.3 is 24.2 Å². The van der Waals surface area contributed by atoms with Gasteiger partial charge in [0.1, 0.15) is 12.7 Å². The molecule has 0 aromatic heterocycles. The molecule has 0 heterocycles. The second-order valence-electron chi connectivity index (χ2n) is 16.6. The van der Waals surface area contributed by atoms with Crippen molar-refractivity contribution < 1.29 is 52.2 Å². The van der Waals surface area contributed by atoms with Crippen molar-refractivity contribution >= 4 is 25.7 Å². The van der Waals surface area contributed by atoms with Gasteiger partial charge in [0, 0.05) is 19.3 Å². The Kier molecular flexibility index (Phi) is 45.7. The molecule has 0 saturated heterocycles. The molecule has 0 aromatic rings. The highest BCUT2D eigenvalue weighted by molar-refractivity contribution is 7.47. The van der Waals surface area contributed by atoms with Gasteiger partial charge in [-0.15, -0.1) is 0 Å². The predicted molar refractivity (Wildman–Crippen MR) is 270 cm³/mol.